The van der Waals surface area contributed by atoms with Gasteiger partial charge in [-0.05, 0) is 11.6 Å². The second kappa shape index (κ2) is 6.42. The summed E-state index contributed by atoms with van der Waals surface area (Å²) in [6.45, 7) is 0. The first-order chi connectivity index (χ1) is 10.1. The molecular formula is C14H22N4O3. The van der Waals surface area contributed by atoms with Crippen molar-refractivity contribution in [2.45, 2.75) is 18.4 Å². The molecule has 0 aliphatic carbocycles. The Morgan fingerprint density at radius 2 is 1.81 bits per heavy atom. The highest BCUT2D eigenvalue weighted by Gasteiger charge is 2.50. The van der Waals surface area contributed by atoms with Gasteiger partial charge in [-0.1, -0.05) is 30.3 Å². The topological polar surface area (TPSA) is 86.2 Å². The standard InChI is InChI=1S/C14H22N4O3/c1-19-14(10-11-7-5-4-6-8-11)17(20-2)12(15)9-13(16)18(14)21-3/h4-9,12H,10,15-16H2,1-3H3. The van der Waals surface area contributed by atoms with Crippen LogP contribution in [0.5, 0.6) is 0 Å². The molecule has 21 heavy (non-hydrogen) atoms. The summed E-state index contributed by atoms with van der Waals surface area (Å²) in [6, 6.07) is 9.83. The van der Waals surface area contributed by atoms with Crippen molar-refractivity contribution in [1.82, 2.24) is 10.1 Å². The van der Waals surface area contributed by atoms with Gasteiger partial charge in [-0.15, -0.1) is 5.06 Å². The Hall–Kier alpha value is -1.64. The molecule has 2 atom stereocenters. The molecule has 0 fully saturated rings. The van der Waals surface area contributed by atoms with E-state index in [4.69, 9.17) is 25.9 Å². The highest BCUT2D eigenvalue weighted by atomic mass is 16.8. The zero-order valence-corrected chi connectivity index (χ0v) is 12.5. The summed E-state index contributed by atoms with van der Waals surface area (Å²) in [4.78, 5) is 10.8. The number of benzene rings is 1. The van der Waals surface area contributed by atoms with Crippen LogP contribution in [0.25, 0.3) is 0 Å². The molecule has 0 aromatic heterocycles. The number of hydrogen-bond acceptors (Lipinski definition) is 7. The van der Waals surface area contributed by atoms with Gasteiger partial charge in [0.1, 0.15) is 12.0 Å². The first-order valence-corrected chi connectivity index (χ1v) is 6.58. The van der Waals surface area contributed by atoms with Gasteiger partial charge in [-0.2, -0.15) is 5.06 Å². The first kappa shape index (κ1) is 15.7. The molecule has 0 bridgehead atoms. The van der Waals surface area contributed by atoms with Gasteiger partial charge in [-0.25, -0.2) is 0 Å². The molecule has 1 aromatic rings. The molecule has 1 aromatic carbocycles. The van der Waals surface area contributed by atoms with E-state index >= 15 is 0 Å². The Morgan fingerprint density at radius 3 is 2.33 bits per heavy atom. The smallest absolute Gasteiger partial charge is 0.252 e. The molecule has 2 unspecified atom stereocenters. The minimum Gasteiger partial charge on any atom is -0.384 e. The van der Waals surface area contributed by atoms with Gasteiger partial charge in [0.2, 0.25) is 0 Å². The number of hydroxylamine groups is 4. The van der Waals surface area contributed by atoms with E-state index in [0.717, 1.165) is 5.56 Å². The van der Waals surface area contributed by atoms with Crippen LogP contribution in [-0.2, 0) is 20.8 Å². The number of nitrogens with two attached hydrogens (primary N) is 2. The molecule has 7 heteroatoms. The SMILES string of the molecule is CON1C(N)=CC(N)N(OC)C1(Cc1ccccc1)OC. The zero-order valence-electron chi connectivity index (χ0n) is 12.5. The van der Waals surface area contributed by atoms with E-state index in [1.807, 2.05) is 30.3 Å². The minimum absolute atomic E-state index is 0.371. The van der Waals surface area contributed by atoms with E-state index in [9.17, 15) is 0 Å². The fourth-order valence-corrected chi connectivity index (χ4v) is 2.60. The Balaban J connectivity index is 2.46. The second-order valence-electron chi connectivity index (χ2n) is 4.68. The van der Waals surface area contributed by atoms with E-state index in [0.29, 0.717) is 12.2 Å². The van der Waals surface area contributed by atoms with Gasteiger partial charge < -0.3 is 16.2 Å². The largest absolute Gasteiger partial charge is 0.384 e. The lowest BCUT2D eigenvalue weighted by Gasteiger charge is -2.51. The lowest BCUT2D eigenvalue weighted by atomic mass is 10.1. The molecule has 0 saturated carbocycles. The lowest BCUT2D eigenvalue weighted by molar-refractivity contribution is -0.414. The van der Waals surface area contributed by atoms with Gasteiger partial charge in [0.15, 0.2) is 0 Å². The molecule has 4 N–H and O–H groups in total. The average Bonchev–Trinajstić information content (AvgIpc) is 2.48. The molecule has 2 rings (SSSR count). The molecule has 116 valence electrons. The number of methoxy groups -OCH3 is 1. The molecule has 1 heterocycles. The van der Waals surface area contributed by atoms with Crippen molar-refractivity contribution in [3.8, 4) is 0 Å². The number of rotatable bonds is 5. The Bertz CT molecular complexity index is 496. The Kier molecular flexibility index (Phi) is 4.81. The maximum Gasteiger partial charge on any atom is 0.252 e. The van der Waals surface area contributed by atoms with E-state index < -0.39 is 12.0 Å². The van der Waals surface area contributed by atoms with Crippen LogP contribution in [0.1, 0.15) is 5.56 Å². The summed E-state index contributed by atoms with van der Waals surface area (Å²) in [5.41, 5.74) is 13.1. The Morgan fingerprint density at radius 1 is 1.14 bits per heavy atom. The summed E-state index contributed by atoms with van der Waals surface area (Å²) in [7, 11) is 4.61. The van der Waals surface area contributed by atoms with Crippen molar-refractivity contribution in [2.24, 2.45) is 11.5 Å². The molecule has 0 spiro atoms. The van der Waals surface area contributed by atoms with Crippen molar-refractivity contribution in [3.05, 3.63) is 47.8 Å². The molecule has 1 aliphatic rings. The van der Waals surface area contributed by atoms with Crippen LogP contribution in [0.15, 0.2) is 42.2 Å². The van der Waals surface area contributed by atoms with Crippen LogP contribution in [-0.4, -0.2) is 43.5 Å². The van der Waals surface area contributed by atoms with E-state index in [1.54, 1.807) is 13.2 Å². The highest BCUT2D eigenvalue weighted by molar-refractivity contribution is 5.19. The molecule has 0 amide bonds. The van der Waals surface area contributed by atoms with E-state index in [-0.39, 0.29) is 0 Å². The van der Waals surface area contributed by atoms with Crippen LogP contribution in [0.3, 0.4) is 0 Å². The van der Waals surface area contributed by atoms with Gasteiger partial charge >= 0.3 is 0 Å². The third-order valence-corrected chi connectivity index (χ3v) is 3.49. The molecule has 0 saturated heterocycles. The third-order valence-electron chi connectivity index (χ3n) is 3.49. The van der Waals surface area contributed by atoms with Crippen LogP contribution in [0.4, 0.5) is 0 Å². The van der Waals surface area contributed by atoms with Crippen molar-refractivity contribution in [3.63, 3.8) is 0 Å². The van der Waals surface area contributed by atoms with Crippen LogP contribution < -0.4 is 11.5 Å². The molecule has 7 nitrogen and oxygen atoms in total. The third kappa shape index (κ3) is 2.74. The normalized spacial score (nSPS) is 26.8. The molecule has 0 radical (unpaired) electrons. The average molecular weight is 294 g/mol. The lowest BCUT2D eigenvalue weighted by Crippen LogP contribution is -2.69. The Labute approximate surface area is 124 Å². The number of ether oxygens (including phenoxy) is 1. The van der Waals surface area contributed by atoms with Gasteiger partial charge in [-0.3, -0.25) is 9.68 Å². The highest BCUT2D eigenvalue weighted by Crippen LogP contribution is 2.33. The monoisotopic (exact) mass is 294 g/mol. The fourth-order valence-electron chi connectivity index (χ4n) is 2.60. The summed E-state index contributed by atoms with van der Waals surface area (Å²) in [6.07, 6.45) is 1.54. The summed E-state index contributed by atoms with van der Waals surface area (Å²) in [5, 5.41) is 2.96. The zero-order chi connectivity index (χ0) is 15.5. The van der Waals surface area contributed by atoms with E-state index in [1.165, 1.54) is 24.3 Å². The summed E-state index contributed by atoms with van der Waals surface area (Å²) < 4.78 is 5.73. The van der Waals surface area contributed by atoms with Crippen LogP contribution in [0, 0.1) is 0 Å². The summed E-state index contributed by atoms with van der Waals surface area (Å²) in [5.74, 6) is -0.723. The van der Waals surface area contributed by atoms with Crippen molar-refractivity contribution in [1.29, 1.82) is 0 Å². The van der Waals surface area contributed by atoms with Crippen LogP contribution in [0.2, 0.25) is 0 Å². The number of hydrogen-bond donors (Lipinski definition) is 2. The second-order valence-corrected chi connectivity index (χ2v) is 4.68. The van der Waals surface area contributed by atoms with E-state index in [2.05, 4.69) is 0 Å². The van der Waals surface area contributed by atoms with Crippen molar-refractivity contribution >= 4 is 0 Å². The van der Waals surface area contributed by atoms with Gasteiger partial charge in [0.05, 0.1) is 14.2 Å². The first-order valence-electron chi connectivity index (χ1n) is 6.58. The maximum absolute atomic E-state index is 6.08. The predicted octanol–water partition coefficient (Wildman–Crippen LogP) is 0.355. The fraction of sp³-hybridized carbons (Fsp3) is 0.429. The predicted molar refractivity (Wildman–Crippen MR) is 77.8 cm³/mol. The molecule has 1 aliphatic heterocycles. The summed E-state index contributed by atoms with van der Waals surface area (Å²) >= 11 is 0. The van der Waals surface area contributed by atoms with Gasteiger partial charge in [0.25, 0.3) is 5.85 Å². The van der Waals surface area contributed by atoms with Gasteiger partial charge in [0, 0.05) is 13.5 Å². The number of nitrogens with zero attached hydrogens (tertiary/aromatic N) is 2. The maximum atomic E-state index is 6.08. The minimum atomic E-state index is -1.09. The van der Waals surface area contributed by atoms with Crippen molar-refractivity contribution in [2.75, 3.05) is 21.3 Å². The quantitative estimate of drug-likeness (QED) is 0.810. The van der Waals surface area contributed by atoms with Crippen molar-refractivity contribution < 1.29 is 14.4 Å². The molecular weight excluding hydrogens is 272 g/mol. The van der Waals surface area contributed by atoms with Crippen LogP contribution >= 0.6 is 0 Å².